The Bertz CT molecular complexity index is 1160. The van der Waals surface area contributed by atoms with Crippen molar-refractivity contribution < 1.29 is 13.2 Å². The largest absolute Gasteiger partial charge is 0.326 e. The van der Waals surface area contributed by atoms with Crippen molar-refractivity contribution in [2.45, 2.75) is 30.6 Å². The Morgan fingerprint density at radius 2 is 1.90 bits per heavy atom. The number of aromatic nitrogens is 4. The summed E-state index contributed by atoms with van der Waals surface area (Å²) in [6.07, 6.45) is 4.83. The van der Waals surface area contributed by atoms with Crippen LogP contribution in [-0.4, -0.2) is 51.5 Å². The standard InChI is InChI=1S/C19H22N6O3S/c1-13(26)22-15-5-7-16(8-6-15)29(27,28)25-11-3-4-14(12-25)17-18-19(24(2)23-17)21-10-9-20-18/h5-10,14H,3-4,11-12H2,1-2H3,(H,22,26)/t14-/m1/s1. The minimum Gasteiger partial charge on any atom is -0.326 e. The maximum Gasteiger partial charge on any atom is 0.243 e. The van der Waals surface area contributed by atoms with E-state index in [0.717, 1.165) is 24.1 Å². The zero-order valence-corrected chi connectivity index (χ0v) is 17.1. The second kappa shape index (κ2) is 7.53. The van der Waals surface area contributed by atoms with Gasteiger partial charge in [0.2, 0.25) is 15.9 Å². The first-order valence-electron chi connectivity index (χ1n) is 9.37. The summed E-state index contributed by atoms with van der Waals surface area (Å²) < 4.78 is 29.5. The normalized spacial score (nSPS) is 18.1. The highest BCUT2D eigenvalue weighted by atomic mass is 32.2. The number of piperidine rings is 1. The maximum atomic E-state index is 13.2. The van der Waals surface area contributed by atoms with Gasteiger partial charge in [0.15, 0.2) is 5.65 Å². The molecule has 0 saturated carbocycles. The lowest BCUT2D eigenvalue weighted by Crippen LogP contribution is -2.39. The van der Waals surface area contributed by atoms with E-state index in [1.807, 2.05) is 7.05 Å². The van der Waals surface area contributed by atoms with Crippen LogP contribution < -0.4 is 5.32 Å². The molecule has 2 aromatic heterocycles. The Hall–Kier alpha value is -2.85. The fraction of sp³-hybridized carbons (Fsp3) is 0.368. The summed E-state index contributed by atoms with van der Waals surface area (Å²) in [7, 11) is -1.83. The van der Waals surface area contributed by atoms with Gasteiger partial charge in [-0.1, -0.05) is 0 Å². The number of sulfonamides is 1. The van der Waals surface area contributed by atoms with Gasteiger partial charge in [-0.3, -0.25) is 4.79 Å². The lowest BCUT2D eigenvalue weighted by Gasteiger charge is -2.31. The van der Waals surface area contributed by atoms with Crippen LogP contribution in [-0.2, 0) is 21.9 Å². The summed E-state index contributed by atoms with van der Waals surface area (Å²) >= 11 is 0. The van der Waals surface area contributed by atoms with E-state index >= 15 is 0 Å². The fourth-order valence-corrected chi connectivity index (χ4v) is 5.25. The Labute approximate surface area is 168 Å². The lowest BCUT2D eigenvalue weighted by molar-refractivity contribution is -0.114. The molecule has 4 rings (SSSR count). The summed E-state index contributed by atoms with van der Waals surface area (Å²) in [5.41, 5.74) is 2.76. The van der Waals surface area contributed by atoms with Crippen molar-refractivity contribution in [1.29, 1.82) is 0 Å². The first-order valence-corrected chi connectivity index (χ1v) is 10.8. The SMILES string of the molecule is CC(=O)Nc1ccc(S(=O)(=O)N2CCC[C@@H](c3nn(C)c4nccnc34)C2)cc1. The van der Waals surface area contributed by atoms with Crippen LogP contribution in [0.4, 0.5) is 5.69 Å². The summed E-state index contributed by atoms with van der Waals surface area (Å²) in [6.45, 7) is 2.21. The number of rotatable bonds is 4. The molecule has 1 atom stereocenters. The predicted molar refractivity (Wildman–Crippen MR) is 108 cm³/mol. The van der Waals surface area contributed by atoms with E-state index in [1.165, 1.54) is 23.4 Å². The molecule has 1 aromatic carbocycles. The van der Waals surface area contributed by atoms with Crippen molar-refractivity contribution in [1.82, 2.24) is 24.1 Å². The number of carbonyl (C=O) groups excluding carboxylic acids is 1. The van der Waals surface area contributed by atoms with E-state index in [9.17, 15) is 13.2 Å². The quantitative estimate of drug-likeness (QED) is 0.698. The molecule has 0 bridgehead atoms. The summed E-state index contributed by atoms with van der Waals surface area (Å²) in [6, 6.07) is 6.23. The monoisotopic (exact) mass is 414 g/mol. The minimum atomic E-state index is -3.64. The topological polar surface area (TPSA) is 110 Å². The molecule has 1 aliphatic heterocycles. The van der Waals surface area contributed by atoms with Crippen LogP contribution in [0, 0.1) is 0 Å². The molecule has 1 N–H and O–H groups in total. The molecule has 29 heavy (non-hydrogen) atoms. The lowest BCUT2D eigenvalue weighted by atomic mass is 9.96. The van der Waals surface area contributed by atoms with Crippen LogP contribution >= 0.6 is 0 Å². The summed E-state index contributed by atoms with van der Waals surface area (Å²) in [5, 5.41) is 7.21. The molecule has 0 unspecified atom stereocenters. The van der Waals surface area contributed by atoms with E-state index in [2.05, 4.69) is 20.4 Å². The van der Waals surface area contributed by atoms with Gasteiger partial charge >= 0.3 is 0 Å². The van der Waals surface area contributed by atoms with Gasteiger partial charge in [-0.05, 0) is 37.1 Å². The number of benzene rings is 1. The van der Waals surface area contributed by atoms with Crippen molar-refractivity contribution in [3.8, 4) is 0 Å². The van der Waals surface area contributed by atoms with E-state index in [4.69, 9.17) is 0 Å². The number of carbonyl (C=O) groups is 1. The Kier molecular flexibility index (Phi) is 5.05. The molecule has 152 valence electrons. The molecule has 1 amide bonds. The van der Waals surface area contributed by atoms with Crippen LogP contribution in [0.25, 0.3) is 11.2 Å². The number of hydrogen-bond donors (Lipinski definition) is 1. The van der Waals surface area contributed by atoms with E-state index in [1.54, 1.807) is 29.2 Å². The number of hydrogen-bond acceptors (Lipinski definition) is 6. The molecule has 1 saturated heterocycles. The highest BCUT2D eigenvalue weighted by Gasteiger charge is 2.33. The highest BCUT2D eigenvalue weighted by molar-refractivity contribution is 7.89. The van der Waals surface area contributed by atoms with E-state index in [0.29, 0.717) is 24.4 Å². The van der Waals surface area contributed by atoms with Crippen LogP contribution in [0.3, 0.4) is 0 Å². The van der Waals surface area contributed by atoms with Gasteiger partial charge in [-0.25, -0.2) is 23.1 Å². The first-order chi connectivity index (χ1) is 13.9. The summed E-state index contributed by atoms with van der Waals surface area (Å²) in [4.78, 5) is 20.1. The zero-order chi connectivity index (χ0) is 20.6. The van der Waals surface area contributed by atoms with E-state index < -0.39 is 10.0 Å². The predicted octanol–water partition coefficient (Wildman–Crippen LogP) is 1.89. The molecule has 3 aromatic rings. The van der Waals surface area contributed by atoms with E-state index in [-0.39, 0.29) is 16.7 Å². The van der Waals surface area contributed by atoms with Gasteiger partial charge in [0.1, 0.15) is 5.52 Å². The van der Waals surface area contributed by atoms with Crippen molar-refractivity contribution >= 4 is 32.8 Å². The summed E-state index contributed by atoms with van der Waals surface area (Å²) in [5.74, 6) is -0.247. The third kappa shape index (κ3) is 3.73. The molecule has 0 radical (unpaired) electrons. The van der Waals surface area contributed by atoms with Gasteiger partial charge < -0.3 is 5.32 Å². The number of anilines is 1. The number of fused-ring (bicyclic) bond motifs is 1. The molecule has 1 aliphatic rings. The Morgan fingerprint density at radius 3 is 2.62 bits per heavy atom. The van der Waals surface area contributed by atoms with Gasteiger partial charge in [0.25, 0.3) is 0 Å². The second-order valence-electron chi connectivity index (χ2n) is 7.15. The maximum absolute atomic E-state index is 13.2. The number of nitrogens with one attached hydrogen (secondary N) is 1. The average molecular weight is 414 g/mol. The van der Waals surface area contributed by atoms with Crippen LogP contribution in [0.15, 0.2) is 41.6 Å². The third-order valence-electron chi connectivity index (χ3n) is 5.07. The van der Waals surface area contributed by atoms with Gasteiger partial charge in [-0.2, -0.15) is 9.40 Å². The van der Waals surface area contributed by atoms with Crippen molar-refractivity contribution in [3.63, 3.8) is 0 Å². The van der Waals surface area contributed by atoms with Crippen LogP contribution in [0.1, 0.15) is 31.4 Å². The molecular weight excluding hydrogens is 392 g/mol. The highest BCUT2D eigenvalue weighted by Crippen LogP contribution is 2.32. The van der Waals surface area contributed by atoms with Gasteiger partial charge in [-0.15, -0.1) is 0 Å². The Morgan fingerprint density at radius 1 is 1.17 bits per heavy atom. The van der Waals surface area contributed by atoms with Crippen LogP contribution in [0.2, 0.25) is 0 Å². The fourth-order valence-electron chi connectivity index (χ4n) is 3.73. The third-order valence-corrected chi connectivity index (χ3v) is 6.95. The smallest absolute Gasteiger partial charge is 0.243 e. The molecule has 1 fully saturated rings. The molecule has 9 nitrogen and oxygen atoms in total. The van der Waals surface area contributed by atoms with Crippen molar-refractivity contribution in [2.24, 2.45) is 7.05 Å². The van der Waals surface area contributed by atoms with Crippen LogP contribution in [0.5, 0.6) is 0 Å². The number of amides is 1. The first kappa shape index (κ1) is 19.5. The molecule has 10 heteroatoms. The minimum absolute atomic E-state index is 0.0439. The van der Waals surface area contributed by atoms with Gasteiger partial charge in [0.05, 0.1) is 10.6 Å². The number of aryl methyl sites for hydroxylation is 1. The molecule has 0 spiro atoms. The molecule has 3 heterocycles. The van der Waals surface area contributed by atoms with Crippen molar-refractivity contribution in [2.75, 3.05) is 18.4 Å². The zero-order valence-electron chi connectivity index (χ0n) is 16.2. The molecule has 0 aliphatic carbocycles. The van der Waals surface area contributed by atoms with Crippen molar-refractivity contribution in [3.05, 3.63) is 42.4 Å². The number of nitrogens with zero attached hydrogens (tertiary/aromatic N) is 5. The second-order valence-corrected chi connectivity index (χ2v) is 9.08. The average Bonchev–Trinajstić information content (AvgIpc) is 3.05. The Balaban J connectivity index is 1.59. The molecular formula is C19H22N6O3S. The van der Waals surface area contributed by atoms with Gasteiger partial charge in [0, 0.05) is 51.1 Å².